The number of rotatable bonds is 17. The second-order valence-corrected chi connectivity index (χ2v) is 12.6. The van der Waals surface area contributed by atoms with E-state index in [4.69, 9.17) is 4.42 Å². The maximum atomic E-state index is 13.1. The van der Waals surface area contributed by atoms with Crippen molar-refractivity contribution in [2.45, 2.75) is 89.3 Å². The number of hydrogen-bond donors (Lipinski definition) is 5. The van der Waals surface area contributed by atoms with Crippen LogP contribution in [0.2, 0.25) is 0 Å². The number of carbonyl (C=O) groups is 5. The average molecular weight is 657 g/mol. The van der Waals surface area contributed by atoms with E-state index < -0.39 is 35.7 Å². The van der Waals surface area contributed by atoms with Crippen molar-refractivity contribution < 1.29 is 32.7 Å². The SMILES string of the molecule is O=C(CNC(=O)[C@H](CC1CCCCC1)NC(=O)c1ccco1)NCC(=O)N[C@@H](CCCN1CCCCC1)C(=O)NCc1ccccc1.[HH].[HH].[HH]. The van der Waals surface area contributed by atoms with Gasteiger partial charge in [-0.2, -0.15) is 0 Å². The molecule has 0 radical (unpaired) electrons. The van der Waals surface area contributed by atoms with Crippen LogP contribution in [-0.2, 0) is 25.7 Å². The first-order valence-corrected chi connectivity index (χ1v) is 17.1. The fourth-order valence-electron chi connectivity index (χ4n) is 6.28. The minimum Gasteiger partial charge on any atom is -0.459 e. The summed E-state index contributed by atoms with van der Waals surface area (Å²) >= 11 is 0. The predicted octanol–water partition coefficient (Wildman–Crippen LogP) is 3.39. The highest BCUT2D eigenvalue weighted by atomic mass is 16.3. The van der Waals surface area contributed by atoms with Crippen molar-refractivity contribution in [3.05, 3.63) is 60.1 Å². The number of benzene rings is 1. The molecule has 1 saturated heterocycles. The highest BCUT2D eigenvalue weighted by molar-refractivity contribution is 5.96. The summed E-state index contributed by atoms with van der Waals surface area (Å²) in [5.74, 6) is -1.90. The van der Waals surface area contributed by atoms with Gasteiger partial charge in [-0.25, -0.2) is 0 Å². The van der Waals surface area contributed by atoms with Crippen LogP contribution < -0.4 is 26.6 Å². The molecule has 4 rings (SSSR count). The Kier molecular flexibility index (Phi) is 14.8. The number of furan rings is 1. The van der Waals surface area contributed by atoms with Gasteiger partial charge in [0, 0.05) is 10.8 Å². The molecule has 1 saturated carbocycles. The predicted molar refractivity (Wildman–Crippen MR) is 183 cm³/mol. The van der Waals surface area contributed by atoms with Crippen LogP contribution in [0.15, 0.2) is 53.1 Å². The molecule has 12 nitrogen and oxygen atoms in total. The Hall–Kier alpha value is -4.19. The number of amides is 5. The summed E-state index contributed by atoms with van der Waals surface area (Å²) < 4.78 is 5.17. The van der Waals surface area contributed by atoms with E-state index in [2.05, 4.69) is 31.5 Å². The molecular weight excluding hydrogens is 600 g/mol. The molecule has 1 aromatic carbocycles. The van der Waals surface area contributed by atoms with Crippen molar-refractivity contribution >= 4 is 29.5 Å². The molecule has 0 unspecified atom stereocenters. The monoisotopic (exact) mass is 656 g/mol. The van der Waals surface area contributed by atoms with E-state index in [0.717, 1.165) is 63.7 Å². The molecule has 0 bridgehead atoms. The number of piperidine rings is 1. The van der Waals surface area contributed by atoms with Crippen LogP contribution >= 0.6 is 0 Å². The first-order chi connectivity index (χ1) is 22.9. The Morgan fingerprint density at radius 3 is 2.19 bits per heavy atom. The number of nitrogens with one attached hydrogen (secondary N) is 5. The molecule has 2 aromatic rings. The molecule has 2 aliphatic rings. The Morgan fingerprint density at radius 2 is 1.47 bits per heavy atom. The summed E-state index contributed by atoms with van der Waals surface area (Å²) in [5.41, 5.74) is 0.954. The Labute approximate surface area is 281 Å². The summed E-state index contributed by atoms with van der Waals surface area (Å²) in [6.45, 7) is 2.61. The molecule has 1 aliphatic heterocycles. The van der Waals surface area contributed by atoms with Gasteiger partial charge in [-0.3, -0.25) is 24.0 Å². The van der Waals surface area contributed by atoms with E-state index in [1.165, 1.54) is 31.6 Å². The highest BCUT2D eigenvalue weighted by Crippen LogP contribution is 2.27. The van der Waals surface area contributed by atoms with Crippen molar-refractivity contribution in [3.63, 3.8) is 0 Å². The second kappa shape index (κ2) is 19.5. The summed E-state index contributed by atoms with van der Waals surface area (Å²) in [6, 6.07) is 11.1. The molecule has 5 amide bonds. The lowest BCUT2D eigenvalue weighted by Gasteiger charge is -2.27. The largest absolute Gasteiger partial charge is 0.459 e. The van der Waals surface area contributed by atoms with Crippen LogP contribution in [-0.4, -0.2) is 79.2 Å². The summed E-state index contributed by atoms with van der Waals surface area (Å²) in [4.78, 5) is 66.7. The fraction of sp³-hybridized carbons (Fsp3) is 0.571. The number of carbonyl (C=O) groups excluding carboxylic acids is 5. The lowest BCUT2D eigenvalue weighted by atomic mass is 9.84. The van der Waals surface area contributed by atoms with Gasteiger partial charge >= 0.3 is 0 Å². The van der Waals surface area contributed by atoms with Crippen molar-refractivity contribution in [1.29, 1.82) is 0 Å². The van der Waals surface area contributed by atoms with Gasteiger partial charge in [0.2, 0.25) is 23.6 Å². The zero-order valence-corrected chi connectivity index (χ0v) is 27.3. The van der Waals surface area contributed by atoms with Crippen LogP contribution in [0.5, 0.6) is 0 Å². The van der Waals surface area contributed by atoms with Crippen LogP contribution in [0.3, 0.4) is 0 Å². The molecule has 2 fully saturated rings. The van der Waals surface area contributed by atoms with Crippen molar-refractivity contribution in [2.24, 2.45) is 5.92 Å². The smallest absolute Gasteiger partial charge is 0.287 e. The molecule has 2 atom stereocenters. The van der Waals surface area contributed by atoms with Gasteiger partial charge in [0.25, 0.3) is 5.91 Å². The lowest BCUT2D eigenvalue weighted by molar-refractivity contribution is -0.130. The Balaban J connectivity index is 0.00000417. The van der Waals surface area contributed by atoms with Crippen molar-refractivity contribution in [1.82, 2.24) is 31.5 Å². The molecule has 262 valence electrons. The van der Waals surface area contributed by atoms with Crippen molar-refractivity contribution in [3.8, 4) is 0 Å². The van der Waals surface area contributed by atoms with E-state index in [1.54, 1.807) is 6.07 Å². The quantitative estimate of drug-likeness (QED) is 0.174. The molecule has 1 aromatic heterocycles. The van der Waals surface area contributed by atoms with E-state index in [0.29, 0.717) is 25.3 Å². The average Bonchev–Trinajstić information content (AvgIpc) is 3.65. The zero-order valence-electron chi connectivity index (χ0n) is 27.3. The molecule has 1 aliphatic carbocycles. The van der Waals surface area contributed by atoms with Crippen LogP contribution in [0.1, 0.15) is 91.0 Å². The second-order valence-electron chi connectivity index (χ2n) is 12.6. The van der Waals surface area contributed by atoms with E-state index in [1.807, 2.05) is 30.3 Å². The van der Waals surface area contributed by atoms with Gasteiger partial charge in [-0.15, -0.1) is 0 Å². The zero-order chi connectivity index (χ0) is 33.3. The maximum Gasteiger partial charge on any atom is 0.287 e. The third-order valence-electron chi connectivity index (χ3n) is 8.91. The lowest BCUT2D eigenvalue weighted by Crippen LogP contribution is -2.51. The topological polar surface area (TPSA) is 162 Å². The maximum absolute atomic E-state index is 13.1. The molecular formula is C35H56N6O6. The van der Waals surface area contributed by atoms with Crippen LogP contribution in [0.4, 0.5) is 0 Å². The van der Waals surface area contributed by atoms with Gasteiger partial charge in [0.1, 0.15) is 12.1 Å². The van der Waals surface area contributed by atoms with E-state index in [9.17, 15) is 24.0 Å². The number of hydrogen-bond acceptors (Lipinski definition) is 7. The third-order valence-corrected chi connectivity index (χ3v) is 8.91. The van der Waals surface area contributed by atoms with Gasteiger partial charge in [-0.05, 0) is 75.4 Å². The van der Waals surface area contributed by atoms with Crippen LogP contribution in [0.25, 0.3) is 0 Å². The minimum atomic E-state index is -0.827. The van der Waals surface area contributed by atoms with E-state index in [-0.39, 0.29) is 29.0 Å². The highest BCUT2D eigenvalue weighted by Gasteiger charge is 2.27. The summed E-state index contributed by atoms with van der Waals surface area (Å²) in [6.07, 6.45) is 12.0. The molecule has 2 heterocycles. The van der Waals surface area contributed by atoms with Crippen molar-refractivity contribution in [2.75, 3.05) is 32.7 Å². The summed E-state index contributed by atoms with van der Waals surface area (Å²) in [5, 5.41) is 13.6. The van der Waals surface area contributed by atoms with E-state index >= 15 is 0 Å². The normalized spacial score (nSPS) is 16.8. The number of nitrogens with zero attached hydrogens (tertiary/aromatic N) is 1. The van der Waals surface area contributed by atoms with Gasteiger partial charge in [0.05, 0.1) is 19.4 Å². The Bertz CT molecular complexity index is 1290. The summed E-state index contributed by atoms with van der Waals surface area (Å²) in [7, 11) is 0. The fourth-order valence-corrected chi connectivity index (χ4v) is 6.28. The molecule has 5 N–H and O–H groups in total. The molecule has 12 heteroatoms. The minimum absolute atomic E-state index is 0. The van der Waals surface area contributed by atoms with Crippen LogP contribution in [0, 0.1) is 5.92 Å². The molecule has 0 spiro atoms. The number of likely N-dealkylation sites (tertiary alicyclic amines) is 1. The van der Waals surface area contributed by atoms with Gasteiger partial charge in [0.15, 0.2) is 5.76 Å². The van der Waals surface area contributed by atoms with Gasteiger partial charge < -0.3 is 35.9 Å². The first kappa shape index (κ1) is 35.7. The third kappa shape index (κ3) is 12.8. The standard InChI is InChI=1S/C35H50N6O6.3H2/c42-31(24-38-34(45)29(22-26-12-4-1-5-13-26)40-35(46)30-17-11-21-47-30)36-25-32(43)39-28(16-10-20-41-18-8-3-9-19-41)33(44)37-23-27-14-6-2-7-15-27;;;/h2,6-7,11,14-15,17,21,26,28-29H,1,3-5,8-10,12-13,16,18-20,22-25H2,(H,36,42)(H,37,44)(H,38,45)(H,39,43)(H,40,46);3*1H/t28-,29-;;;/m0.../s1. The first-order valence-electron chi connectivity index (χ1n) is 17.1. The van der Waals surface area contributed by atoms with Gasteiger partial charge in [-0.1, -0.05) is 68.9 Å². The molecule has 47 heavy (non-hydrogen) atoms. The Morgan fingerprint density at radius 1 is 0.766 bits per heavy atom.